The minimum Gasteiger partial charge on any atom is -0.475 e. The number of carboxylic acid groups (broad SMARTS) is 1. The number of piperidine rings is 1. The van der Waals surface area contributed by atoms with Gasteiger partial charge >= 0.3 is 12.1 Å². The number of carbonyl (C=O) groups is 1. The molecule has 2 N–H and O–H groups in total. The molecule has 9 heteroatoms. The van der Waals surface area contributed by atoms with Crippen LogP contribution in [0.2, 0.25) is 0 Å². The molecule has 2 rings (SSSR count). The van der Waals surface area contributed by atoms with E-state index in [-0.39, 0.29) is 0 Å². The summed E-state index contributed by atoms with van der Waals surface area (Å²) in [6, 6.07) is 8.97. The SMILES string of the molecule is O=C(O)C(F)(F)F.O=S(=O)(/C=C/C[C@@H]1CCCCN1)c1ccccc1. The van der Waals surface area contributed by atoms with Crippen molar-refractivity contribution >= 4 is 15.8 Å². The number of alkyl halides is 3. The van der Waals surface area contributed by atoms with Crippen LogP contribution < -0.4 is 5.32 Å². The highest BCUT2D eigenvalue weighted by Crippen LogP contribution is 2.14. The quantitative estimate of drug-likeness (QED) is 0.840. The van der Waals surface area contributed by atoms with E-state index in [0.717, 1.165) is 19.4 Å². The first-order valence-electron chi connectivity index (χ1n) is 7.63. The van der Waals surface area contributed by atoms with Crippen molar-refractivity contribution in [2.45, 2.75) is 42.8 Å². The molecule has 1 aromatic carbocycles. The molecule has 1 fully saturated rings. The monoisotopic (exact) mass is 379 g/mol. The standard InChI is InChI=1S/C14H19NO2S.C2HF3O2/c16-18(17,14-9-2-1-3-10-14)12-6-8-13-7-4-5-11-15-13;3-2(4,5)1(6)7/h1-3,6,9-10,12-13,15H,4-5,7-8,11H2;(H,6,7)/b12-6+;/t13-;/m0./s1. The van der Waals surface area contributed by atoms with E-state index in [4.69, 9.17) is 9.90 Å². The van der Waals surface area contributed by atoms with Crippen molar-refractivity contribution in [3.8, 4) is 0 Å². The van der Waals surface area contributed by atoms with E-state index >= 15 is 0 Å². The maximum atomic E-state index is 12.0. The molecular formula is C16H20F3NO4S. The average molecular weight is 379 g/mol. The van der Waals surface area contributed by atoms with Crippen molar-refractivity contribution in [1.29, 1.82) is 0 Å². The van der Waals surface area contributed by atoms with Crippen molar-refractivity contribution < 1.29 is 31.5 Å². The van der Waals surface area contributed by atoms with Crippen LogP contribution in [0, 0.1) is 0 Å². The van der Waals surface area contributed by atoms with Crippen molar-refractivity contribution in [3.63, 3.8) is 0 Å². The van der Waals surface area contributed by atoms with E-state index in [1.54, 1.807) is 30.3 Å². The molecule has 0 spiro atoms. The Bertz CT molecular complexity index is 666. The second-order valence-corrected chi connectivity index (χ2v) is 7.25. The second-order valence-electron chi connectivity index (χ2n) is 5.42. The van der Waals surface area contributed by atoms with Crippen LogP contribution in [-0.2, 0) is 14.6 Å². The first kappa shape index (κ1) is 21.2. The molecule has 1 saturated heterocycles. The van der Waals surface area contributed by atoms with Crippen LogP contribution in [0.3, 0.4) is 0 Å². The lowest BCUT2D eigenvalue weighted by Crippen LogP contribution is -2.33. The molecule has 0 aromatic heterocycles. The van der Waals surface area contributed by atoms with E-state index in [0.29, 0.717) is 10.9 Å². The number of benzene rings is 1. The molecule has 0 amide bonds. The number of hydrogen-bond donors (Lipinski definition) is 2. The van der Waals surface area contributed by atoms with Crippen LogP contribution in [0.5, 0.6) is 0 Å². The van der Waals surface area contributed by atoms with Gasteiger partial charge in [-0.15, -0.1) is 0 Å². The van der Waals surface area contributed by atoms with Gasteiger partial charge in [-0.1, -0.05) is 30.7 Å². The minimum absolute atomic E-state index is 0.359. The van der Waals surface area contributed by atoms with Gasteiger partial charge in [0.05, 0.1) is 4.90 Å². The predicted molar refractivity (Wildman–Crippen MR) is 86.7 cm³/mol. The van der Waals surface area contributed by atoms with Crippen LogP contribution in [0.1, 0.15) is 25.7 Å². The average Bonchev–Trinajstić information content (AvgIpc) is 2.56. The lowest BCUT2D eigenvalue weighted by Gasteiger charge is -2.21. The first-order chi connectivity index (χ1) is 11.6. The fraction of sp³-hybridized carbons (Fsp3) is 0.438. The Morgan fingerprint density at radius 2 is 1.84 bits per heavy atom. The zero-order chi connectivity index (χ0) is 18.9. The van der Waals surface area contributed by atoms with E-state index in [2.05, 4.69) is 5.32 Å². The Morgan fingerprint density at radius 1 is 1.24 bits per heavy atom. The Morgan fingerprint density at radius 3 is 2.32 bits per heavy atom. The summed E-state index contributed by atoms with van der Waals surface area (Å²) in [4.78, 5) is 9.25. The normalized spacial score (nSPS) is 18.4. The second kappa shape index (κ2) is 9.57. The number of hydrogen-bond acceptors (Lipinski definition) is 4. The minimum atomic E-state index is -5.08. The Kier molecular flexibility index (Phi) is 8.11. The molecule has 1 atom stereocenters. The summed E-state index contributed by atoms with van der Waals surface area (Å²) in [5.74, 6) is -2.76. The topological polar surface area (TPSA) is 83.5 Å². The molecule has 0 saturated carbocycles. The molecule has 1 aliphatic rings. The van der Waals surface area contributed by atoms with Gasteiger partial charge in [0.2, 0.25) is 0 Å². The summed E-state index contributed by atoms with van der Waals surface area (Å²) < 4.78 is 55.7. The van der Waals surface area contributed by atoms with Crippen LogP contribution in [0.4, 0.5) is 13.2 Å². The molecule has 0 bridgehead atoms. The third-order valence-electron chi connectivity index (χ3n) is 3.42. The van der Waals surface area contributed by atoms with Gasteiger partial charge < -0.3 is 10.4 Å². The van der Waals surface area contributed by atoms with Gasteiger partial charge in [-0.25, -0.2) is 13.2 Å². The Labute approximate surface area is 144 Å². The molecule has 1 heterocycles. The number of aliphatic carboxylic acids is 1. The predicted octanol–water partition coefficient (Wildman–Crippen LogP) is 3.14. The highest BCUT2D eigenvalue weighted by atomic mass is 32.2. The molecule has 1 aromatic rings. The summed E-state index contributed by atoms with van der Waals surface area (Å²) in [7, 11) is -3.27. The first-order valence-corrected chi connectivity index (χ1v) is 9.18. The van der Waals surface area contributed by atoms with E-state index in [1.807, 2.05) is 6.07 Å². The van der Waals surface area contributed by atoms with E-state index in [1.165, 1.54) is 18.2 Å². The lowest BCUT2D eigenvalue weighted by atomic mass is 10.0. The van der Waals surface area contributed by atoms with Gasteiger partial charge in [0.25, 0.3) is 0 Å². The van der Waals surface area contributed by atoms with Crippen LogP contribution in [0.15, 0.2) is 46.7 Å². The summed E-state index contributed by atoms with van der Waals surface area (Å²) in [6.45, 7) is 1.05. The molecule has 0 radical (unpaired) electrons. The number of carboxylic acids is 1. The van der Waals surface area contributed by atoms with Gasteiger partial charge in [-0.3, -0.25) is 0 Å². The van der Waals surface area contributed by atoms with Gasteiger partial charge in [0, 0.05) is 11.4 Å². The van der Waals surface area contributed by atoms with E-state index < -0.39 is 22.0 Å². The number of halogens is 3. The van der Waals surface area contributed by atoms with Gasteiger partial charge in [0.1, 0.15) is 0 Å². The summed E-state index contributed by atoms with van der Waals surface area (Å²) in [6.07, 6.45) is 1.06. The third kappa shape index (κ3) is 8.17. The zero-order valence-electron chi connectivity index (χ0n) is 13.4. The highest BCUT2D eigenvalue weighted by Gasteiger charge is 2.38. The molecule has 25 heavy (non-hydrogen) atoms. The van der Waals surface area contributed by atoms with Crippen LogP contribution in [-0.4, -0.2) is 38.3 Å². The highest BCUT2D eigenvalue weighted by molar-refractivity contribution is 7.94. The molecular weight excluding hydrogens is 359 g/mol. The number of nitrogens with one attached hydrogen (secondary N) is 1. The van der Waals surface area contributed by atoms with Crippen molar-refractivity contribution in [3.05, 3.63) is 41.8 Å². The summed E-state index contributed by atoms with van der Waals surface area (Å²) in [5.41, 5.74) is 0. The fourth-order valence-corrected chi connectivity index (χ4v) is 3.22. The van der Waals surface area contributed by atoms with Crippen molar-refractivity contribution in [2.24, 2.45) is 0 Å². The third-order valence-corrected chi connectivity index (χ3v) is 4.90. The maximum absolute atomic E-state index is 12.0. The summed E-state index contributed by atoms with van der Waals surface area (Å²) in [5, 5.41) is 11.9. The molecule has 5 nitrogen and oxygen atoms in total. The van der Waals surface area contributed by atoms with Crippen molar-refractivity contribution in [2.75, 3.05) is 6.54 Å². The lowest BCUT2D eigenvalue weighted by molar-refractivity contribution is -0.192. The van der Waals surface area contributed by atoms with Crippen LogP contribution in [0.25, 0.3) is 0 Å². The van der Waals surface area contributed by atoms with Crippen LogP contribution >= 0.6 is 0 Å². The Balaban J connectivity index is 0.000000381. The molecule has 140 valence electrons. The number of sulfone groups is 1. The van der Waals surface area contributed by atoms with Gasteiger partial charge in [-0.2, -0.15) is 13.2 Å². The Hall–Kier alpha value is -1.87. The van der Waals surface area contributed by atoms with Crippen molar-refractivity contribution in [1.82, 2.24) is 5.32 Å². The van der Waals surface area contributed by atoms with Gasteiger partial charge in [0.15, 0.2) is 9.84 Å². The molecule has 0 aliphatic carbocycles. The molecule has 0 unspecified atom stereocenters. The zero-order valence-corrected chi connectivity index (χ0v) is 14.2. The van der Waals surface area contributed by atoms with Gasteiger partial charge in [-0.05, 0) is 37.9 Å². The largest absolute Gasteiger partial charge is 0.490 e. The molecule has 1 aliphatic heterocycles. The smallest absolute Gasteiger partial charge is 0.475 e. The fourth-order valence-electron chi connectivity index (χ4n) is 2.16. The number of rotatable bonds is 4. The summed E-state index contributed by atoms with van der Waals surface area (Å²) >= 11 is 0. The van der Waals surface area contributed by atoms with E-state index in [9.17, 15) is 21.6 Å². The maximum Gasteiger partial charge on any atom is 0.490 e.